The van der Waals surface area contributed by atoms with E-state index in [0.717, 1.165) is 6.42 Å². The monoisotopic (exact) mass is 339 g/mol. The van der Waals surface area contributed by atoms with E-state index < -0.39 is 0 Å². The zero-order valence-corrected chi connectivity index (χ0v) is 14.2. The van der Waals surface area contributed by atoms with Crippen molar-refractivity contribution in [1.82, 2.24) is 24.6 Å². The third kappa shape index (κ3) is 3.14. The summed E-state index contributed by atoms with van der Waals surface area (Å²) in [6.45, 7) is 4.43. The Bertz CT molecular complexity index is 781. The van der Waals surface area contributed by atoms with Gasteiger partial charge in [-0.25, -0.2) is 9.67 Å². The topological polar surface area (TPSA) is 71.3 Å². The second kappa shape index (κ2) is 6.31. The molecular weight excluding hydrogens is 318 g/mol. The Morgan fingerprint density at radius 1 is 1.08 bits per heavy atom. The maximum absolute atomic E-state index is 12.7. The van der Waals surface area contributed by atoms with Crippen LogP contribution in [-0.2, 0) is 4.79 Å². The molecule has 1 saturated heterocycles. The van der Waals surface area contributed by atoms with E-state index in [0.29, 0.717) is 43.6 Å². The predicted molar refractivity (Wildman–Crippen MR) is 91.1 cm³/mol. The molecule has 7 nitrogen and oxygen atoms in total. The Morgan fingerprint density at radius 2 is 1.80 bits per heavy atom. The molecule has 2 aromatic heterocycles. The molecule has 0 spiro atoms. The maximum atomic E-state index is 12.7. The van der Waals surface area contributed by atoms with Gasteiger partial charge in [0.25, 0.3) is 5.91 Å². The van der Waals surface area contributed by atoms with Gasteiger partial charge in [0, 0.05) is 44.5 Å². The first-order valence-corrected chi connectivity index (χ1v) is 8.68. The van der Waals surface area contributed by atoms with E-state index in [-0.39, 0.29) is 17.7 Å². The van der Waals surface area contributed by atoms with Crippen LogP contribution in [-0.4, -0.2) is 62.6 Å². The summed E-state index contributed by atoms with van der Waals surface area (Å²) in [4.78, 5) is 33.1. The van der Waals surface area contributed by atoms with Crippen LogP contribution in [0.1, 0.15) is 23.8 Å². The summed E-state index contributed by atoms with van der Waals surface area (Å²) < 4.78 is 1.63. The van der Waals surface area contributed by atoms with Crippen molar-refractivity contribution in [1.29, 1.82) is 0 Å². The number of hydrogen-bond acceptors (Lipinski definition) is 4. The Balaban J connectivity index is 1.41. The molecule has 0 aromatic carbocycles. The highest BCUT2D eigenvalue weighted by molar-refractivity contribution is 5.92. The van der Waals surface area contributed by atoms with E-state index in [2.05, 4.69) is 17.0 Å². The van der Waals surface area contributed by atoms with Crippen LogP contribution in [0, 0.1) is 11.8 Å². The molecule has 2 fully saturated rings. The molecule has 1 aliphatic heterocycles. The third-order valence-electron chi connectivity index (χ3n) is 5.00. The Labute approximate surface area is 146 Å². The molecule has 7 heteroatoms. The fraction of sp³-hybridized carbons (Fsp3) is 0.444. The van der Waals surface area contributed by atoms with Gasteiger partial charge in [0.05, 0.1) is 0 Å². The normalized spacial score (nSPS) is 22.8. The molecule has 0 radical (unpaired) electrons. The molecule has 25 heavy (non-hydrogen) atoms. The van der Waals surface area contributed by atoms with Crippen molar-refractivity contribution < 1.29 is 9.59 Å². The number of pyridine rings is 1. The number of nitrogens with zero attached hydrogens (tertiary/aromatic N) is 5. The van der Waals surface area contributed by atoms with Crippen LogP contribution in [0.2, 0.25) is 0 Å². The van der Waals surface area contributed by atoms with Crippen LogP contribution in [0.4, 0.5) is 0 Å². The van der Waals surface area contributed by atoms with Gasteiger partial charge < -0.3 is 9.80 Å². The lowest BCUT2D eigenvalue weighted by atomic mass is 10.2. The zero-order chi connectivity index (χ0) is 17.4. The lowest BCUT2D eigenvalue weighted by Gasteiger charge is -2.34. The Kier molecular flexibility index (Phi) is 3.99. The highest BCUT2D eigenvalue weighted by Gasteiger charge is 2.42. The second-order valence-corrected chi connectivity index (χ2v) is 6.77. The maximum Gasteiger partial charge on any atom is 0.272 e. The molecule has 2 atom stereocenters. The predicted octanol–water partition coefficient (Wildman–Crippen LogP) is 1.21. The van der Waals surface area contributed by atoms with Crippen LogP contribution in [0.15, 0.2) is 36.7 Å². The molecule has 2 aliphatic rings. The van der Waals surface area contributed by atoms with E-state index in [1.807, 2.05) is 23.1 Å². The van der Waals surface area contributed by atoms with Gasteiger partial charge in [-0.1, -0.05) is 13.0 Å². The summed E-state index contributed by atoms with van der Waals surface area (Å²) in [6.07, 6.45) is 4.47. The van der Waals surface area contributed by atoms with Gasteiger partial charge in [-0.15, -0.1) is 0 Å². The van der Waals surface area contributed by atoms with E-state index in [1.54, 1.807) is 28.0 Å². The molecule has 1 saturated carbocycles. The Hall–Kier alpha value is -2.70. The van der Waals surface area contributed by atoms with E-state index >= 15 is 0 Å². The van der Waals surface area contributed by atoms with Crippen molar-refractivity contribution in [3.63, 3.8) is 0 Å². The molecular formula is C18H21N5O2. The SMILES string of the molecule is CC1CC1C(=O)N1CCN(C(=O)c2cccc(-n3cccn3)n2)CC1. The van der Waals surface area contributed by atoms with Gasteiger partial charge in [0.15, 0.2) is 5.82 Å². The van der Waals surface area contributed by atoms with Crippen molar-refractivity contribution in [2.24, 2.45) is 11.8 Å². The highest BCUT2D eigenvalue weighted by atomic mass is 16.2. The largest absolute Gasteiger partial charge is 0.339 e. The fourth-order valence-electron chi connectivity index (χ4n) is 3.27. The minimum Gasteiger partial charge on any atom is -0.339 e. The molecule has 2 unspecified atom stereocenters. The number of rotatable bonds is 3. The average Bonchev–Trinajstić information content (AvgIpc) is 3.14. The number of aromatic nitrogens is 3. The molecule has 0 N–H and O–H groups in total. The summed E-state index contributed by atoms with van der Waals surface area (Å²) in [5.41, 5.74) is 0.406. The lowest BCUT2D eigenvalue weighted by molar-refractivity contribution is -0.134. The number of amides is 2. The van der Waals surface area contributed by atoms with Crippen molar-refractivity contribution in [2.45, 2.75) is 13.3 Å². The first-order chi connectivity index (χ1) is 12.1. The quantitative estimate of drug-likeness (QED) is 0.843. The minimum absolute atomic E-state index is 0.0964. The van der Waals surface area contributed by atoms with Crippen molar-refractivity contribution >= 4 is 11.8 Å². The molecule has 1 aliphatic carbocycles. The molecule has 2 aromatic rings. The van der Waals surface area contributed by atoms with Crippen LogP contribution in [0.5, 0.6) is 0 Å². The van der Waals surface area contributed by atoms with Gasteiger partial charge >= 0.3 is 0 Å². The highest BCUT2D eigenvalue weighted by Crippen LogP contribution is 2.39. The number of hydrogen-bond donors (Lipinski definition) is 0. The number of carbonyl (C=O) groups excluding carboxylic acids is 2. The van der Waals surface area contributed by atoms with Gasteiger partial charge in [-0.05, 0) is 30.5 Å². The first-order valence-electron chi connectivity index (χ1n) is 8.68. The average molecular weight is 339 g/mol. The van der Waals surface area contributed by atoms with E-state index in [1.165, 1.54) is 0 Å². The number of carbonyl (C=O) groups is 2. The van der Waals surface area contributed by atoms with Gasteiger partial charge in [0.1, 0.15) is 5.69 Å². The summed E-state index contributed by atoms with van der Waals surface area (Å²) in [6, 6.07) is 7.16. The molecule has 2 amide bonds. The second-order valence-electron chi connectivity index (χ2n) is 6.77. The molecule has 3 heterocycles. The van der Waals surface area contributed by atoms with Crippen molar-refractivity contribution in [2.75, 3.05) is 26.2 Å². The third-order valence-corrected chi connectivity index (χ3v) is 5.00. The minimum atomic E-state index is -0.0964. The lowest BCUT2D eigenvalue weighted by Crippen LogP contribution is -2.51. The van der Waals surface area contributed by atoms with Crippen LogP contribution in [0.25, 0.3) is 5.82 Å². The zero-order valence-electron chi connectivity index (χ0n) is 14.2. The summed E-state index contributed by atoms with van der Waals surface area (Å²) >= 11 is 0. The summed E-state index contributed by atoms with van der Waals surface area (Å²) in [7, 11) is 0. The first kappa shape index (κ1) is 15.8. The molecule has 130 valence electrons. The van der Waals surface area contributed by atoms with Crippen molar-refractivity contribution in [3.8, 4) is 5.82 Å². The van der Waals surface area contributed by atoms with Gasteiger partial charge in [-0.3, -0.25) is 9.59 Å². The fourth-order valence-corrected chi connectivity index (χ4v) is 3.27. The summed E-state index contributed by atoms with van der Waals surface area (Å²) in [5, 5.41) is 4.14. The van der Waals surface area contributed by atoms with E-state index in [4.69, 9.17) is 0 Å². The van der Waals surface area contributed by atoms with Gasteiger partial charge in [-0.2, -0.15) is 5.10 Å². The smallest absolute Gasteiger partial charge is 0.272 e. The number of piperazine rings is 1. The van der Waals surface area contributed by atoms with Crippen LogP contribution < -0.4 is 0 Å². The van der Waals surface area contributed by atoms with E-state index in [9.17, 15) is 9.59 Å². The van der Waals surface area contributed by atoms with Gasteiger partial charge in [0.2, 0.25) is 5.91 Å². The Morgan fingerprint density at radius 3 is 2.44 bits per heavy atom. The standard InChI is InChI=1S/C18H21N5O2/c1-13-12-14(13)17(24)21-8-10-22(11-9-21)18(25)15-4-2-5-16(20-15)23-7-3-6-19-23/h2-7,13-14H,8-12H2,1H3. The van der Waals surface area contributed by atoms with Crippen LogP contribution in [0.3, 0.4) is 0 Å². The molecule has 0 bridgehead atoms. The van der Waals surface area contributed by atoms with Crippen molar-refractivity contribution in [3.05, 3.63) is 42.4 Å². The summed E-state index contributed by atoms with van der Waals surface area (Å²) in [5.74, 6) is 1.49. The molecule has 4 rings (SSSR count). The van der Waals surface area contributed by atoms with Crippen LogP contribution >= 0.6 is 0 Å².